The maximum atomic E-state index is 12.5. The fourth-order valence-corrected chi connectivity index (χ4v) is 13.0. The van der Waals surface area contributed by atoms with Crippen molar-refractivity contribution in [3.05, 3.63) is 0 Å². The molecule has 0 bridgehead atoms. The summed E-state index contributed by atoms with van der Waals surface area (Å²) in [6.45, 7) is 21.8. The Hall–Kier alpha value is -1.10. The highest BCUT2D eigenvalue weighted by molar-refractivity contribution is 5.66. The van der Waals surface area contributed by atoms with Gasteiger partial charge >= 0.3 is 11.9 Å². The predicted octanol–water partition coefficient (Wildman–Crippen LogP) is 7.33. The molecule has 5 fully saturated rings. The quantitative estimate of drug-likeness (QED) is 0.377. The van der Waals surface area contributed by atoms with Crippen LogP contribution >= 0.6 is 0 Å². The van der Waals surface area contributed by atoms with Crippen molar-refractivity contribution < 1.29 is 24.2 Å². The summed E-state index contributed by atoms with van der Waals surface area (Å²) in [4.78, 5) is 25.1. The normalized spacial score (nSPS) is 50.6. The molecule has 5 saturated carbocycles. The zero-order valence-corrected chi connectivity index (χ0v) is 26.5. The van der Waals surface area contributed by atoms with Crippen LogP contribution in [0.5, 0.6) is 0 Å². The predicted molar refractivity (Wildman–Crippen MR) is 153 cm³/mol. The molecule has 0 spiro atoms. The number of esters is 2. The number of aliphatic hydroxyl groups is 1. The number of carbonyl (C=O) groups excluding carboxylic acids is 2. The minimum absolute atomic E-state index is 0.00766. The summed E-state index contributed by atoms with van der Waals surface area (Å²) in [7, 11) is 0. The minimum atomic E-state index is -0.810. The summed E-state index contributed by atoms with van der Waals surface area (Å²) in [6.07, 6.45) is 9.44. The molecule has 0 aliphatic heterocycles. The summed E-state index contributed by atoms with van der Waals surface area (Å²) >= 11 is 0. The van der Waals surface area contributed by atoms with Crippen molar-refractivity contribution in [1.82, 2.24) is 0 Å². The number of rotatable bonds is 3. The average molecular weight is 545 g/mol. The molecule has 0 aromatic rings. The zero-order chi connectivity index (χ0) is 29.0. The highest BCUT2D eigenvalue weighted by atomic mass is 16.5. The van der Waals surface area contributed by atoms with Gasteiger partial charge in [0.2, 0.25) is 0 Å². The van der Waals surface area contributed by atoms with Gasteiger partial charge in [0.15, 0.2) is 0 Å². The molecule has 0 unspecified atom stereocenters. The van der Waals surface area contributed by atoms with Crippen molar-refractivity contribution >= 4 is 11.9 Å². The third-order valence-corrected chi connectivity index (χ3v) is 14.0. The molecule has 1 N–H and O–H groups in total. The van der Waals surface area contributed by atoms with Crippen LogP contribution in [0.1, 0.15) is 127 Å². The monoisotopic (exact) mass is 544 g/mol. The second kappa shape index (κ2) is 8.95. The SMILES string of the molecule is CC(=O)O[C@H]1C[C@]2(C)[C@H](CC[C@@H]3[C@@]4(C)CCCC(C)(C)[C@@H]4[C@@H](OC(C)=O)C[C@]32C)[C@@]2(C)CC[C@H](C(C)(C)O)[C@H]12. The lowest BCUT2D eigenvalue weighted by molar-refractivity contribution is -0.284. The smallest absolute Gasteiger partial charge is 0.302 e. The molecule has 0 heterocycles. The van der Waals surface area contributed by atoms with E-state index >= 15 is 0 Å². The van der Waals surface area contributed by atoms with Gasteiger partial charge in [-0.25, -0.2) is 0 Å². The van der Waals surface area contributed by atoms with E-state index in [2.05, 4.69) is 41.5 Å². The Balaban J connectivity index is 1.64. The number of hydrogen-bond donors (Lipinski definition) is 1. The Morgan fingerprint density at radius 3 is 1.79 bits per heavy atom. The number of fused-ring (bicyclic) bond motifs is 7. The van der Waals surface area contributed by atoms with Crippen molar-refractivity contribution in [2.24, 2.45) is 56.7 Å². The van der Waals surface area contributed by atoms with Gasteiger partial charge in [-0.3, -0.25) is 9.59 Å². The maximum absolute atomic E-state index is 12.5. The number of hydrogen-bond acceptors (Lipinski definition) is 5. The Morgan fingerprint density at radius 1 is 0.744 bits per heavy atom. The van der Waals surface area contributed by atoms with Crippen LogP contribution < -0.4 is 0 Å². The second-order valence-electron chi connectivity index (χ2n) is 16.9. The lowest BCUT2D eigenvalue weighted by atomic mass is 9.31. The van der Waals surface area contributed by atoms with E-state index in [1.54, 1.807) is 6.92 Å². The molecule has 5 heteroatoms. The fourth-order valence-electron chi connectivity index (χ4n) is 13.0. The Morgan fingerprint density at radius 2 is 1.26 bits per heavy atom. The lowest BCUT2D eigenvalue weighted by Crippen LogP contribution is -2.70. The largest absolute Gasteiger partial charge is 0.462 e. The van der Waals surface area contributed by atoms with Gasteiger partial charge < -0.3 is 14.6 Å². The van der Waals surface area contributed by atoms with Gasteiger partial charge in [-0.1, -0.05) is 48.0 Å². The van der Waals surface area contributed by atoms with Crippen LogP contribution in [-0.2, 0) is 19.1 Å². The molecule has 5 nitrogen and oxygen atoms in total. The highest BCUT2D eigenvalue weighted by Crippen LogP contribution is 2.78. The highest BCUT2D eigenvalue weighted by Gasteiger charge is 2.74. The maximum Gasteiger partial charge on any atom is 0.302 e. The molecular weight excluding hydrogens is 488 g/mol. The summed E-state index contributed by atoms with van der Waals surface area (Å²) in [5, 5.41) is 11.3. The van der Waals surface area contributed by atoms with Crippen LogP contribution in [0, 0.1) is 56.7 Å². The average Bonchev–Trinajstić information content (AvgIpc) is 3.11. The van der Waals surface area contributed by atoms with E-state index in [1.807, 2.05) is 13.8 Å². The van der Waals surface area contributed by atoms with Crippen LogP contribution in [0.15, 0.2) is 0 Å². The van der Waals surface area contributed by atoms with Crippen LogP contribution in [-0.4, -0.2) is 34.9 Å². The van der Waals surface area contributed by atoms with Crippen molar-refractivity contribution in [1.29, 1.82) is 0 Å². The van der Waals surface area contributed by atoms with Crippen LogP contribution in [0.2, 0.25) is 0 Å². The third kappa shape index (κ3) is 4.08. The molecule has 0 aromatic carbocycles. The third-order valence-electron chi connectivity index (χ3n) is 14.0. The van der Waals surface area contributed by atoms with Gasteiger partial charge in [0.05, 0.1) is 5.60 Å². The van der Waals surface area contributed by atoms with E-state index in [-0.39, 0.29) is 63.1 Å². The molecule has 0 amide bonds. The van der Waals surface area contributed by atoms with Gasteiger partial charge in [0, 0.05) is 25.7 Å². The van der Waals surface area contributed by atoms with Crippen LogP contribution in [0.25, 0.3) is 0 Å². The molecule has 222 valence electrons. The molecule has 5 aliphatic rings. The Labute approximate surface area is 237 Å². The summed E-state index contributed by atoms with van der Waals surface area (Å²) < 4.78 is 12.6. The Kier molecular flexibility index (Phi) is 6.74. The van der Waals surface area contributed by atoms with Gasteiger partial charge in [0.25, 0.3) is 0 Å². The van der Waals surface area contributed by atoms with Gasteiger partial charge in [-0.05, 0) is 110 Å². The van der Waals surface area contributed by atoms with Crippen molar-refractivity contribution in [3.8, 4) is 0 Å². The number of ether oxygens (including phenoxy) is 2. The summed E-state index contributed by atoms with van der Waals surface area (Å²) in [6, 6.07) is 0. The van der Waals surface area contributed by atoms with Gasteiger partial charge in [-0.15, -0.1) is 0 Å². The van der Waals surface area contributed by atoms with Crippen molar-refractivity contribution in [2.75, 3.05) is 0 Å². The zero-order valence-electron chi connectivity index (χ0n) is 26.5. The van der Waals surface area contributed by atoms with Crippen LogP contribution in [0.3, 0.4) is 0 Å². The Bertz CT molecular complexity index is 1010. The summed E-state index contributed by atoms with van der Waals surface area (Å²) in [5.41, 5.74) is -0.705. The van der Waals surface area contributed by atoms with Gasteiger partial charge in [-0.2, -0.15) is 0 Å². The molecule has 5 aliphatic carbocycles. The molecule has 5 rings (SSSR count). The first-order chi connectivity index (χ1) is 17.8. The van der Waals surface area contributed by atoms with E-state index in [4.69, 9.17) is 9.47 Å². The van der Waals surface area contributed by atoms with E-state index in [0.29, 0.717) is 17.8 Å². The van der Waals surface area contributed by atoms with E-state index in [9.17, 15) is 14.7 Å². The standard InChI is InChI=1S/C34H56O5/c1-20(35)38-23-18-33(9)25(31(7)17-14-22(27(23)31)30(5,6)37)12-13-26-32(8)16-11-15-29(3,4)28(32)24(39-21(2)36)19-34(26,33)10/h22-28,37H,11-19H2,1-10H3/t22-,23-,24-,25+,26+,27+,28-,31+,32+,33+,34+/m0/s1. The van der Waals surface area contributed by atoms with Crippen molar-refractivity contribution in [2.45, 2.75) is 145 Å². The van der Waals surface area contributed by atoms with E-state index in [1.165, 1.54) is 39.0 Å². The lowest BCUT2D eigenvalue weighted by Gasteiger charge is -2.74. The summed E-state index contributed by atoms with van der Waals surface area (Å²) in [5.74, 6) is 1.25. The molecule has 0 radical (unpaired) electrons. The van der Waals surface area contributed by atoms with E-state index < -0.39 is 5.60 Å². The van der Waals surface area contributed by atoms with Gasteiger partial charge in [0.1, 0.15) is 12.2 Å². The molecule has 39 heavy (non-hydrogen) atoms. The topological polar surface area (TPSA) is 72.8 Å². The second-order valence-corrected chi connectivity index (χ2v) is 16.9. The molecular formula is C34H56O5. The molecule has 11 atom stereocenters. The first kappa shape index (κ1) is 29.4. The minimum Gasteiger partial charge on any atom is -0.462 e. The number of carbonyl (C=O) groups is 2. The first-order valence-electron chi connectivity index (χ1n) is 15.9. The first-order valence-corrected chi connectivity index (χ1v) is 15.9. The van der Waals surface area contributed by atoms with E-state index in [0.717, 1.165) is 25.7 Å². The molecule has 0 saturated heterocycles. The van der Waals surface area contributed by atoms with Crippen LogP contribution in [0.4, 0.5) is 0 Å². The fraction of sp³-hybridized carbons (Fsp3) is 0.941. The molecule has 0 aromatic heterocycles. The van der Waals surface area contributed by atoms with Crippen molar-refractivity contribution in [3.63, 3.8) is 0 Å².